The van der Waals surface area contributed by atoms with E-state index in [1.165, 1.54) is 24.3 Å². The molecule has 4 heteroatoms. The maximum atomic E-state index is 10.0. The molecule has 68 valence electrons. The molecule has 0 saturated carbocycles. The van der Waals surface area contributed by atoms with Crippen LogP contribution in [0.15, 0.2) is 18.2 Å². The monoisotopic (exact) mass is 216 g/mol. The lowest BCUT2D eigenvalue weighted by atomic mass is 10.2. The molecule has 0 heterocycles. The zero-order chi connectivity index (χ0) is 9.84. The van der Waals surface area contributed by atoms with Crippen LogP contribution in [0.1, 0.15) is 5.56 Å². The highest BCUT2D eigenvalue weighted by Crippen LogP contribution is 2.31. The normalized spacial score (nSPS) is 10.6. The average molecular weight is 217 g/mol. The third-order valence-corrected chi connectivity index (χ3v) is 1.92. The summed E-state index contributed by atoms with van der Waals surface area (Å²) in [5, 5.41) is 9.97. The van der Waals surface area contributed by atoms with Crippen LogP contribution >= 0.6 is 23.2 Å². The fraction of sp³-hybridized carbons (Fsp3) is 0. The molecule has 1 N–H and O–H groups in total. The van der Waals surface area contributed by atoms with E-state index in [4.69, 9.17) is 23.2 Å². The van der Waals surface area contributed by atoms with E-state index in [-0.39, 0.29) is 10.8 Å². The number of benzene rings is 1. The number of hydrogen-bond donors (Lipinski definition) is 1. The van der Waals surface area contributed by atoms with Crippen LogP contribution in [0.2, 0.25) is 10.0 Å². The highest BCUT2D eigenvalue weighted by Gasteiger charge is 2.04. The molecule has 0 amide bonds. The number of phenols is 1. The third-order valence-electron chi connectivity index (χ3n) is 1.41. The highest BCUT2D eigenvalue weighted by molar-refractivity contribution is 6.35. The fourth-order valence-corrected chi connectivity index (χ4v) is 1.37. The van der Waals surface area contributed by atoms with Crippen LogP contribution in [0, 0.1) is 0 Å². The summed E-state index contributed by atoms with van der Waals surface area (Å²) in [6.45, 7) is 0. The van der Waals surface area contributed by atoms with Crippen LogP contribution in [0.4, 0.5) is 0 Å². The first-order valence-corrected chi connectivity index (χ1v) is 4.20. The Balaban J connectivity index is 3.19. The van der Waals surface area contributed by atoms with Crippen molar-refractivity contribution in [1.82, 2.24) is 0 Å². The van der Waals surface area contributed by atoms with Crippen molar-refractivity contribution >= 4 is 35.6 Å². The number of carbonyl (C=O) groups excluding carboxylic acids is 1. The summed E-state index contributed by atoms with van der Waals surface area (Å²) >= 11 is 11.3. The molecule has 13 heavy (non-hydrogen) atoms. The first kappa shape index (κ1) is 10.1. The Morgan fingerprint density at radius 2 is 2.00 bits per heavy atom. The molecular formula is C9H6Cl2O2. The van der Waals surface area contributed by atoms with Gasteiger partial charge in [0.25, 0.3) is 0 Å². The Morgan fingerprint density at radius 3 is 2.62 bits per heavy atom. The van der Waals surface area contributed by atoms with E-state index in [9.17, 15) is 9.90 Å². The van der Waals surface area contributed by atoms with E-state index in [1.807, 2.05) is 0 Å². The van der Waals surface area contributed by atoms with Gasteiger partial charge in [-0.25, -0.2) is 0 Å². The first-order valence-electron chi connectivity index (χ1n) is 3.45. The molecule has 0 atom stereocenters. The molecule has 0 aliphatic rings. The zero-order valence-corrected chi connectivity index (χ0v) is 8.01. The van der Waals surface area contributed by atoms with Gasteiger partial charge in [0.2, 0.25) is 0 Å². The fourth-order valence-electron chi connectivity index (χ4n) is 0.856. The van der Waals surface area contributed by atoms with Gasteiger partial charge in [0, 0.05) is 10.6 Å². The van der Waals surface area contributed by atoms with E-state index in [1.54, 1.807) is 0 Å². The van der Waals surface area contributed by atoms with E-state index in [2.05, 4.69) is 0 Å². The summed E-state index contributed by atoms with van der Waals surface area (Å²) in [5.41, 5.74) is 0.421. The number of halogens is 2. The van der Waals surface area contributed by atoms with Crippen molar-refractivity contribution in [3.63, 3.8) is 0 Å². The third kappa shape index (κ3) is 2.47. The number of carbonyl (C=O) groups is 1. The molecule has 0 unspecified atom stereocenters. The second-order valence-corrected chi connectivity index (χ2v) is 3.16. The maximum Gasteiger partial charge on any atom is 0.142 e. The summed E-state index contributed by atoms with van der Waals surface area (Å²) < 4.78 is 0. The molecule has 0 aliphatic heterocycles. The molecule has 0 radical (unpaired) electrons. The standard InChI is InChI=1S/C9H6Cl2O2/c10-7-4-6(2-1-3-12)9(13)8(11)5-7/h1-5,13H. The molecule has 0 saturated heterocycles. The highest BCUT2D eigenvalue weighted by atomic mass is 35.5. The minimum Gasteiger partial charge on any atom is -0.506 e. The Hall–Kier alpha value is -0.990. The van der Waals surface area contributed by atoms with E-state index >= 15 is 0 Å². The van der Waals surface area contributed by atoms with Crippen molar-refractivity contribution in [2.75, 3.05) is 0 Å². The average Bonchev–Trinajstić information content (AvgIpc) is 2.09. The molecule has 1 rings (SSSR count). The van der Waals surface area contributed by atoms with Gasteiger partial charge < -0.3 is 5.11 Å². The van der Waals surface area contributed by atoms with Gasteiger partial charge in [-0.2, -0.15) is 0 Å². The Morgan fingerprint density at radius 1 is 1.31 bits per heavy atom. The van der Waals surface area contributed by atoms with Gasteiger partial charge in [-0.05, 0) is 24.3 Å². The summed E-state index contributed by atoms with van der Waals surface area (Å²) in [6.07, 6.45) is 3.29. The predicted octanol–water partition coefficient (Wildman–Crippen LogP) is 2.91. The largest absolute Gasteiger partial charge is 0.506 e. The van der Waals surface area contributed by atoms with Gasteiger partial charge in [0.1, 0.15) is 12.0 Å². The topological polar surface area (TPSA) is 37.3 Å². The molecule has 0 aliphatic carbocycles. The van der Waals surface area contributed by atoms with Crippen LogP contribution in [-0.4, -0.2) is 11.4 Å². The number of phenolic OH excluding ortho intramolecular Hbond substituents is 1. The lowest BCUT2D eigenvalue weighted by Crippen LogP contribution is -1.77. The quantitative estimate of drug-likeness (QED) is 0.610. The van der Waals surface area contributed by atoms with E-state index in [0.29, 0.717) is 16.9 Å². The minimum atomic E-state index is -0.0795. The van der Waals surface area contributed by atoms with E-state index in [0.717, 1.165) is 0 Å². The summed E-state index contributed by atoms with van der Waals surface area (Å²) in [4.78, 5) is 10.0. The van der Waals surface area contributed by atoms with Crippen molar-refractivity contribution in [3.8, 4) is 5.75 Å². The van der Waals surface area contributed by atoms with Crippen molar-refractivity contribution in [2.45, 2.75) is 0 Å². The molecule has 0 fully saturated rings. The number of aldehydes is 1. The van der Waals surface area contributed by atoms with Gasteiger partial charge in [-0.15, -0.1) is 0 Å². The molecule has 0 aromatic heterocycles. The van der Waals surface area contributed by atoms with Crippen LogP contribution in [0.5, 0.6) is 5.75 Å². The van der Waals surface area contributed by atoms with Gasteiger partial charge >= 0.3 is 0 Å². The smallest absolute Gasteiger partial charge is 0.142 e. The van der Waals surface area contributed by atoms with Gasteiger partial charge in [-0.3, -0.25) is 4.79 Å². The minimum absolute atomic E-state index is 0.0795. The zero-order valence-electron chi connectivity index (χ0n) is 6.50. The second-order valence-electron chi connectivity index (χ2n) is 2.32. The van der Waals surface area contributed by atoms with Crippen LogP contribution < -0.4 is 0 Å². The predicted molar refractivity (Wildman–Crippen MR) is 53.2 cm³/mol. The van der Waals surface area contributed by atoms with Gasteiger partial charge in [0.15, 0.2) is 0 Å². The van der Waals surface area contributed by atoms with Crippen LogP contribution in [-0.2, 0) is 4.79 Å². The van der Waals surface area contributed by atoms with Crippen molar-refractivity contribution in [3.05, 3.63) is 33.8 Å². The van der Waals surface area contributed by atoms with Crippen LogP contribution in [0.3, 0.4) is 0 Å². The van der Waals surface area contributed by atoms with Crippen molar-refractivity contribution < 1.29 is 9.90 Å². The number of aromatic hydroxyl groups is 1. The Bertz CT molecular complexity index is 359. The Labute approximate surface area is 85.4 Å². The summed E-state index contributed by atoms with van der Waals surface area (Å²) in [7, 11) is 0. The molecule has 1 aromatic carbocycles. The van der Waals surface area contributed by atoms with Crippen molar-refractivity contribution in [2.24, 2.45) is 0 Å². The maximum absolute atomic E-state index is 10.0. The molecular weight excluding hydrogens is 211 g/mol. The molecule has 0 spiro atoms. The first-order chi connectivity index (χ1) is 6.15. The van der Waals surface area contributed by atoms with Gasteiger partial charge in [0.05, 0.1) is 5.02 Å². The number of hydrogen-bond acceptors (Lipinski definition) is 2. The molecule has 2 nitrogen and oxygen atoms in total. The SMILES string of the molecule is O=CC=Cc1cc(Cl)cc(Cl)c1O. The lowest BCUT2D eigenvalue weighted by Gasteiger charge is -2.01. The summed E-state index contributed by atoms with van der Waals surface area (Å²) in [6, 6.07) is 2.94. The summed E-state index contributed by atoms with van der Waals surface area (Å²) in [5.74, 6) is -0.0795. The second kappa shape index (κ2) is 4.30. The number of rotatable bonds is 2. The van der Waals surface area contributed by atoms with Gasteiger partial charge in [-0.1, -0.05) is 23.2 Å². The van der Waals surface area contributed by atoms with Crippen molar-refractivity contribution in [1.29, 1.82) is 0 Å². The number of allylic oxidation sites excluding steroid dienone is 1. The van der Waals surface area contributed by atoms with E-state index < -0.39 is 0 Å². The molecule has 1 aromatic rings. The Kier molecular flexibility index (Phi) is 3.34. The molecule has 0 bridgehead atoms. The van der Waals surface area contributed by atoms with Crippen LogP contribution in [0.25, 0.3) is 6.08 Å². The lowest BCUT2D eigenvalue weighted by molar-refractivity contribution is -0.104.